The van der Waals surface area contributed by atoms with Gasteiger partial charge in [0.25, 0.3) is 0 Å². The van der Waals surface area contributed by atoms with Crippen LogP contribution < -0.4 is 10.6 Å². The van der Waals surface area contributed by atoms with Crippen LogP contribution in [0.25, 0.3) is 0 Å². The Morgan fingerprint density at radius 3 is 2.94 bits per heavy atom. The van der Waals surface area contributed by atoms with Crippen molar-refractivity contribution in [3.63, 3.8) is 0 Å². The molecular weight excluding hydrogens is 270 g/mol. The van der Waals surface area contributed by atoms with Crippen molar-refractivity contribution in [3.05, 3.63) is 22.4 Å². The topological polar surface area (TPSA) is 69.1 Å². The summed E-state index contributed by atoms with van der Waals surface area (Å²) in [7, 11) is 0. The van der Waals surface area contributed by atoms with Crippen LogP contribution in [0.2, 0.25) is 0 Å². The van der Waals surface area contributed by atoms with E-state index >= 15 is 0 Å². The maximum atomic E-state index is 11.5. The molecule has 0 unspecified atom stereocenters. The summed E-state index contributed by atoms with van der Waals surface area (Å²) in [5, 5.41) is 5.52. The number of nitrogens with one attached hydrogen (secondary N) is 1. The molecule has 2 heterocycles. The van der Waals surface area contributed by atoms with E-state index in [1.165, 1.54) is 16.2 Å². The predicted octanol–water partition coefficient (Wildman–Crippen LogP) is -0.191. The molecule has 1 aliphatic rings. The molecule has 1 aromatic heterocycles. The lowest BCUT2D eigenvalue weighted by Crippen LogP contribution is -3.14. The van der Waals surface area contributed by atoms with E-state index in [1.54, 1.807) is 12.1 Å². The Balaban J connectivity index is 1.79. The number of hydrogen-bond donors (Lipinski definition) is 2. The van der Waals surface area contributed by atoms with Gasteiger partial charge in [0.15, 0.2) is 5.84 Å². The molecule has 0 atom stereocenters. The van der Waals surface area contributed by atoms with Crippen molar-refractivity contribution in [2.45, 2.75) is 0 Å². The van der Waals surface area contributed by atoms with Crippen LogP contribution in [-0.2, 0) is 4.84 Å². The van der Waals surface area contributed by atoms with Crippen LogP contribution in [0.15, 0.2) is 22.7 Å². The fraction of sp³-hybridized carbons (Fsp3) is 0.455. The summed E-state index contributed by atoms with van der Waals surface area (Å²) >= 11 is 3.28. The standard InChI is InChI=1S/C11H15N3O2S2/c12-10(8-14-3-6-17-7-4-14)13-16-11(15)9-2-1-5-18-9/h1-2,5H,3-4,6-8H2,(H2,12,13)/p+1. The second-order valence-corrected chi connectivity index (χ2v) is 6.15. The van der Waals surface area contributed by atoms with Gasteiger partial charge in [-0.1, -0.05) is 11.2 Å². The number of amidine groups is 1. The van der Waals surface area contributed by atoms with E-state index in [9.17, 15) is 4.79 Å². The Hall–Kier alpha value is -1.05. The zero-order valence-electron chi connectivity index (χ0n) is 9.93. The summed E-state index contributed by atoms with van der Waals surface area (Å²) < 4.78 is 0. The first-order chi connectivity index (χ1) is 8.75. The van der Waals surface area contributed by atoms with Gasteiger partial charge < -0.3 is 15.5 Å². The number of oxime groups is 1. The third-order valence-corrected chi connectivity index (χ3v) is 4.43. The molecule has 1 fully saturated rings. The summed E-state index contributed by atoms with van der Waals surface area (Å²) in [6, 6.07) is 3.50. The minimum absolute atomic E-state index is 0.377. The summed E-state index contributed by atoms with van der Waals surface area (Å²) in [5.41, 5.74) is 5.75. The van der Waals surface area contributed by atoms with Crippen LogP contribution in [0.5, 0.6) is 0 Å². The van der Waals surface area contributed by atoms with Gasteiger partial charge in [0.1, 0.15) is 11.4 Å². The summed E-state index contributed by atoms with van der Waals surface area (Å²) in [6.45, 7) is 2.80. The molecule has 1 saturated heterocycles. The third-order valence-electron chi connectivity index (χ3n) is 2.60. The van der Waals surface area contributed by atoms with Crippen LogP contribution in [0.4, 0.5) is 0 Å². The molecule has 5 nitrogen and oxygen atoms in total. The van der Waals surface area contributed by atoms with Gasteiger partial charge in [0.2, 0.25) is 0 Å². The lowest BCUT2D eigenvalue weighted by Gasteiger charge is -2.22. The second-order valence-electron chi connectivity index (χ2n) is 3.98. The van der Waals surface area contributed by atoms with Gasteiger partial charge in [-0.2, -0.15) is 11.8 Å². The third kappa shape index (κ3) is 4.01. The minimum atomic E-state index is -0.447. The highest BCUT2D eigenvalue weighted by Crippen LogP contribution is 2.09. The van der Waals surface area contributed by atoms with Crippen molar-refractivity contribution in [2.75, 3.05) is 31.1 Å². The first-order valence-electron chi connectivity index (χ1n) is 5.74. The molecule has 0 saturated carbocycles. The van der Waals surface area contributed by atoms with Crippen molar-refractivity contribution in [1.82, 2.24) is 0 Å². The molecule has 0 aromatic carbocycles. The molecular formula is C11H16N3O2S2+. The number of nitrogens with zero attached hydrogens (tertiary/aromatic N) is 1. The Morgan fingerprint density at radius 1 is 1.50 bits per heavy atom. The van der Waals surface area contributed by atoms with Crippen molar-refractivity contribution >= 4 is 34.9 Å². The van der Waals surface area contributed by atoms with Gasteiger partial charge in [0, 0.05) is 11.5 Å². The van der Waals surface area contributed by atoms with E-state index in [2.05, 4.69) is 5.16 Å². The Labute approximate surface area is 114 Å². The van der Waals surface area contributed by atoms with Crippen LogP contribution in [0.1, 0.15) is 9.67 Å². The Morgan fingerprint density at radius 2 is 2.28 bits per heavy atom. The fourth-order valence-corrected chi connectivity index (χ4v) is 3.33. The smallest absolute Gasteiger partial charge is 0.375 e. The summed E-state index contributed by atoms with van der Waals surface area (Å²) in [5.74, 6) is 2.23. The normalized spacial score (nSPS) is 17.7. The molecule has 98 valence electrons. The maximum Gasteiger partial charge on any atom is 0.375 e. The number of carbonyl (C=O) groups is 1. The molecule has 0 spiro atoms. The van der Waals surface area contributed by atoms with Gasteiger partial charge in [-0.25, -0.2) is 4.79 Å². The van der Waals surface area contributed by atoms with Crippen LogP contribution in [0.3, 0.4) is 0 Å². The molecule has 0 amide bonds. The van der Waals surface area contributed by atoms with Gasteiger partial charge >= 0.3 is 5.97 Å². The van der Waals surface area contributed by atoms with E-state index in [0.29, 0.717) is 17.3 Å². The number of carbonyl (C=O) groups excluding carboxylic acids is 1. The van der Waals surface area contributed by atoms with Gasteiger partial charge in [0.05, 0.1) is 13.1 Å². The zero-order valence-corrected chi connectivity index (χ0v) is 11.6. The van der Waals surface area contributed by atoms with Crippen LogP contribution >= 0.6 is 23.1 Å². The number of quaternary nitrogens is 1. The predicted molar refractivity (Wildman–Crippen MR) is 74.2 cm³/mol. The lowest BCUT2D eigenvalue weighted by molar-refractivity contribution is -0.887. The Bertz CT molecular complexity index is 414. The zero-order chi connectivity index (χ0) is 12.8. The van der Waals surface area contributed by atoms with Gasteiger partial charge in [-0.3, -0.25) is 0 Å². The monoisotopic (exact) mass is 286 g/mol. The number of hydrogen-bond acceptors (Lipinski definition) is 5. The van der Waals surface area contributed by atoms with Crippen molar-refractivity contribution < 1.29 is 14.5 Å². The highest BCUT2D eigenvalue weighted by Gasteiger charge is 2.15. The minimum Gasteiger partial charge on any atom is -0.380 e. The quantitative estimate of drug-likeness (QED) is 0.348. The number of thioether (sulfide) groups is 1. The molecule has 1 aromatic rings. The molecule has 1 aliphatic heterocycles. The summed E-state index contributed by atoms with van der Waals surface area (Å²) in [6.07, 6.45) is 0. The van der Waals surface area contributed by atoms with E-state index in [1.807, 2.05) is 17.1 Å². The first-order valence-corrected chi connectivity index (χ1v) is 7.77. The molecule has 18 heavy (non-hydrogen) atoms. The van der Waals surface area contributed by atoms with Crippen LogP contribution in [0, 0.1) is 0 Å². The molecule has 0 radical (unpaired) electrons. The van der Waals surface area contributed by atoms with E-state index in [-0.39, 0.29) is 0 Å². The fourth-order valence-electron chi connectivity index (χ4n) is 1.67. The SMILES string of the molecule is N/C(C[NH+]1CCSCC1)=N/OC(=O)c1cccs1. The lowest BCUT2D eigenvalue weighted by atomic mass is 10.4. The van der Waals surface area contributed by atoms with Gasteiger partial charge in [-0.05, 0) is 11.4 Å². The highest BCUT2D eigenvalue weighted by molar-refractivity contribution is 7.99. The average molecular weight is 286 g/mol. The second kappa shape index (κ2) is 6.77. The van der Waals surface area contributed by atoms with Crippen molar-refractivity contribution in [2.24, 2.45) is 10.9 Å². The number of rotatable bonds is 4. The maximum absolute atomic E-state index is 11.5. The average Bonchev–Trinajstić information content (AvgIpc) is 2.91. The molecule has 3 N–H and O–H groups in total. The first kappa shape index (κ1) is 13.4. The van der Waals surface area contributed by atoms with Gasteiger partial charge in [-0.15, -0.1) is 11.3 Å². The largest absolute Gasteiger partial charge is 0.380 e. The number of thiophene rings is 1. The van der Waals surface area contributed by atoms with Crippen LogP contribution in [-0.4, -0.2) is 42.9 Å². The molecule has 2 rings (SSSR count). The molecule has 0 bridgehead atoms. The highest BCUT2D eigenvalue weighted by atomic mass is 32.2. The van der Waals surface area contributed by atoms with Crippen molar-refractivity contribution in [1.29, 1.82) is 0 Å². The van der Waals surface area contributed by atoms with E-state index in [4.69, 9.17) is 10.6 Å². The van der Waals surface area contributed by atoms with Crippen molar-refractivity contribution in [3.8, 4) is 0 Å². The van der Waals surface area contributed by atoms with E-state index < -0.39 is 5.97 Å². The Kier molecular flexibility index (Phi) is 5.03. The molecule has 0 aliphatic carbocycles. The molecule has 7 heteroatoms. The van der Waals surface area contributed by atoms with E-state index in [0.717, 1.165) is 24.6 Å². The summed E-state index contributed by atoms with van der Waals surface area (Å²) in [4.78, 5) is 18.2. The number of nitrogens with two attached hydrogens (primary N) is 1.